The lowest BCUT2D eigenvalue weighted by molar-refractivity contribution is -0.164. The second kappa shape index (κ2) is 4.72. The lowest BCUT2D eigenvalue weighted by Crippen LogP contribution is -2.50. The second-order valence-corrected chi connectivity index (χ2v) is 6.81. The van der Waals surface area contributed by atoms with Crippen LogP contribution in [0.2, 0.25) is 0 Å². The van der Waals surface area contributed by atoms with Gasteiger partial charge in [0.2, 0.25) is 0 Å². The molecule has 0 radical (unpaired) electrons. The molecule has 0 aromatic heterocycles. The van der Waals surface area contributed by atoms with E-state index < -0.39 is 0 Å². The van der Waals surface area contributed by atoms with Gasteiger partial charge in [0.05, 0.1) is 0 Å². The van der Waals surface area contributed by atoms with Crippen LogP contribution in [0.1, 0.15) is 46.5 Å². The van der Waals surface area contributed by atoms with Gasteiger partial charge in [0.1, 0.15) is 12.2 Å². The van der Waals surface area contributed by atoms with Gasteiger partial charge in [0.15, 0.2) is 0 Å². The summed E-state index contributed by atoms with van der Waals surface area (Å²) in [5.74, 6) is -0.188. The predicted octanol–water partition coefficient (Wildman–Crippen LogP) is 2.93. The highest BCUT2D eigenvalue weighted by Crippen LogP contribution is 2.56. The largest absolute Gasteiger partial charge is 0.462 e. The van der Waals surface area contributed by atoms with Crippen LogP contribution in [0.15, 0.2) is 23.3 Å². The molecule has 0 spiro atoms. The predicted molar refractivity (Wildman–Crippen MR) is 77.3 cm³/mol. The Labute approximate surface area is 125 Å². The molecule has 4 nitrogen and oxygen atoms in total. The number of fused-ring (bicyclic) bond motifs is 2. The van der Waals surface area contributed by atoms with Crippen LogP contribution in [-0.4, -0.2) is 24.1 Å². The van der Waals surface area contributed by atoms with Crippen molar-refractivity contribution in [1.29, 1.82) is 0 Å². The Bertz CT molecular complexity index is 559. The first-order valence-corrected chi connectivity index (χ1v) is 7.58. The minimum absolute atomic E-state index is 0.119. The third-order valence-corrected chi connectivity index (χ3v) is 5.54. The van der Waals surface area contributed by atoms with Gasteiger partial charge in [-0.05, 0) is 44.1 Å². The Kier molecular flexibility index (Phi) is 3.23. The molecule has 2 aliphatic carbocycles. The fourth-order valence-corrected chi connectivity index (χ4v) is 4.29. The normalized spacial score (nSPS) is 38.7. The topological polar surface area (TPSA) is 52.6 Å². The van der Waals surface area contributed by atoms with E-state index in [0.717, 1.165) is 30.4 Å². The van der Waals surface area contributed by atoms with Crippen molar-refractivity contribution >= 4 is 11.9 Å². The molecule has 3 rings (SSSR count). The first-order chi connectivity index (χ1) is 9.83. The van der Waals surface area contributed by atoms with Crippen molar-refractivity contribution in [3.8, 4) is 0 Å². The number of hydrogen-bond acceptors (Lipinski definition) is 4. The lowest BCUT2D eigenvalue weighted by atomic mass is 9.56. The maximum atomic E-state index is 11.8. The van der Waals surface area contributed by atoms with Crippen molar-refractivity contribution in [2.24, 2.45) is 11.3 Å². The van der Waals surface area contributed by atoms with Crippen LogP contribution in [-0.2, 0) is 19.1 Å². The van der Waals surface area contributed by atoms with Crippen molar-refractivity contribution in [3.63, 3.8) is 0 Å². The Hall–Kier alpha value is -1.58. The molecule has 3 aliphatic rings. The number of carbonyl (C=O) groups excluding carboxylic acids is 2. The first-order valence-electron chi connectivity index (χ1n) is 7.58. The van der Waals surface area contributed by atoms with Gasteiger partial charge in [-0.1, -0.05) is 19.1 Å². The average Bonchev–Trinajstić information content (AvgIpc) is 2.66. The Morgan fingerprint density at radius 1 is 1.48 bits per heavy atom. The molecule has 4 heteroatoms. The average molecular weight is 290 g/mol. The van der Waals surface area contributed by atoms with E-state index in [0.29, 0.717) is 6.42 Å². The number of allylic oxidation sites excluding steroid dienone is 1. The quantitative estimate of drug-likeness (QED) is 0.550. The second-order valence-electron chi connectivity index (χ2n) is 6.81. The number of esters is 2. The Morgan fingerprint density at radius 3 is 2.86 bits per heavy atom. The van der Waals surface area contributed by atoms with E-state index in [-0.39, 0.29) is 35.5 Å². The van der Waals surface area contributed by atoms with E-state index in [1.807, 2.05) is 6.92 Å². The molecule has 21 heavy (non-hydrogen) atoms. The van der Waals surface area contributed by atoms with E-state index in [1.165, 1.54) is 12.5 Å². The highest BCUT2D eigenvalue weighted by Gasteiger charge is 2.54. The summed E-state index contributed by atoms with van der Waals surface area (Å²) < 4.78 is 11.1. The lowest BCUT2D eigenvalue weighted by Gasteiger charge is -2.51. The summed E-state index contributed by atoms with van der Waals surface area (Å²) in [4.78, 5) is 23.2. The van der Waals surface area contributed by atoms with Crippen molar-refractivity contribution in [1.82, 2.24) is 0 Å². The molecule has 0 bridgehead atoms. The van der Waals surface area contributed by atoms with Crippen molar-refractivity contribution in [2.45, 2.75) is 58.7 Å². The number of rotatable bonds is 1. The molecule has 2 saturated carbocycles. The highest BCUT2D eigenvalue weighted by atomic mass is 16.6. The summed E-state index contributed by atoms with van der Waals surface area (Å²) >= 11 is 0. The van der Waals surface area contributed by atoms with Gasteiger partial charge in [0, 0.05) is 17.9 Å². The van der Waals surface area contributed by atoms with Gasteiger partial charge in [-0.2, -0.15) is 0 Å². The first kappa shape index (κ1) is 14.4. The zero-order valence-corrected chi connectivity index (χ0v) is 12.9. The standard InChI is InChI=1S/C17H22O4/c1-9-5-6-15(20-11(3)18)17(4)8-14-12(7-13(9)17)10(2)16(19)21-14/h13-15H,1,5-8H2,2-4H3/t13-,14+,15-,17+/m0/s1. The molecule has 0 saturated heterocycles. The molecule has 0 aromatic carbocycles. The molecule has 4 atom stereocenters. The number of hydrogen-bond donors (Lipinski definition) is 0. The van der Waals surface area contributed by atoms with Crippen LogP contribution < -0.4 is 0 Å². The summed E-state index contributed by atoms with van der Waals surface area (Å²) in [6.07, 6.45) is 2.94. The monoisotopic (exact) mass is 290 g/mol. The molecule has 2 fully saturated rings. The Balaban J connectivity index is 1.95. The van der Waals surface area contributed by atoms with E-state index in [4.69, 9.17) is 9.47 Å². The third-order valence-electron chi connectivity index (χ3n) is 5.54. The van der Waals surface area contributed by atoms with Gasteiger partial charge in [-0.15, -0.1) is 0 Å². The van der Waals surface area contributed by atoms with Crippen LogP contribution >= 0.6 is 0 Å². The zero-order chi connectivity index (χ0) is 15.4. The van der Waals surface area contributed by atoms with Crippen LogP contribution in [0.3, 0.4) is 0 Å². The van der Waals surface area contributed by atoms with Crippen LogP contribution in [0.4, 0.5) is 0 Å². The molecule has 1 heterocycles. The van der Waals surface area contributed by atoms with Crippen molar-refractivity contribution in [2.75, 3.05) is 0 Å². The summed E-state index contributed by atoms with van der Waals surface area (Å²) in [5, 5.41) is 0. The maximum absolute atomic E-state index is 11.8. The van der Waals surface area contributed by atoms with E-state index in [9.17, 15) is 9.59 Å². The minimum Gasteiger partial charge on any atom is -0.462 e. The molecular formula is C17H22O4. The number of carbonyl (C=O) groups is 2. The summed E-state index contributed by atoms with van der Waals surface area (Å²) in [7, 11) is 0. The smallest absolute Gasteiger partial charge is 0.334 e. The molecule has 0 N–H and O–H groups in total. The van der Waals surface area contributed by atoms with E-state index in [2.05, 4.69) is 13.5 Å². The van der Waals surface area contributed by atoms with Gasteiger partial charge in [-0.25, -0.2) is 4.79 Å². The van der Waals surface area contributed by atoms with Gasteiger partial charge in [0.25, 0.3) is 0 Å². The highest BCUT2D eigenvalue weighted by molar-refractivity contribution is 5.91. The SMILES string of the molecule is C=C1CC[C@H](OC(C)=O)[C@]2(C)C[C@H]3OC(=O)C(C)=C3C[C@@H]12. The van der Waals surface area contributed by atoms with Crippen molar-refractivity contribution < 1.29 is 19.1 Å². The Morgan fingerprint density at radius 2 is 2.19 bits per heavy atom. The molecule has 1 aliphatic heterocycles. The molecule has 114 valence electrons. The molecule has 0 unspecified atom stereocenters. The molecule has 0 amide bonds. The zero-order valence-electron chi connectivity index (χ0n) is 12.9. The molecular weight excluding hydrogens is 268 g/mol. The van der Waals surface area contributed by atoms with Gasteiger partial charge >= 0.3 is 11.9 Å². The van der Waals surface area contributed by atoms with Gasteiger partial charge in [-0.3, -0.25) is 4.79 Å². The van der Waals surface area contributed by atoms with Crippen molar-refractivity contribution in [3.05, 3.63) is 23.3 Å². The minimum atomic E-state index is -0.242. The summed E-state index contributed by atoms with van der Waals surface area (Å²) in [6.45, 7) is 9.67. The summed E-state index contributed by atoms with van der Waals surface area (Å²) in [5.41, 5.74) is 2.88. The maximum Gasteiger partial charge on any atom is 0.334 e. The van der Waals surface area contributed by atoms with E-state index >= 15 is 0 Å². The molecule has 0 aromatic rings. The van der Waals surface area contributed by atoms with Gasteiger partial charge < -0.3 is 9.47 Å². The third kappa shape index (κ3) is 2.12. The number of ether oxygens (including phenoxy) is 2. The van der Waals surface area contributed by atoms with Crippen LogP contribution in [0, 0.1) is 11.3 Å². The van der Waals surface area contributed by atoms with E-state index in [1.54, 1.807) is 0 Å². The van der Waals surface area contributed by atoms with Crippen LogP contribution in [0.25, 0.3) is 0 Å². The summed E-state index contributed by atoms with van der Waals surface area (Å²) in [6, 6.07) is 0. The fraction of sp³-hybridized carbons (Fsp3) is 0.647. The fourth-order valence-electron chi connectivity index (χ4n) is 4.29. The van der Waals surface area contributed by atoms with Crippen LogP contribution in [0.5, 0.6) is 0 Å².